The van der Waals surface area contributed by atoms with Gasteiger partial charge in [-0.25, -0.2) is 4.79 Å². The molecule has 1 saturated heterocycles. The van der Waals surface area contributed by atoms with Crippen molar-refractivity contribution in [3.8, 4) is 0 Å². The number of hydrogen-bond acceptors (Lipinski definition) is 3. The highest BCUT2D eigenvalue weighted by atomic mass is 19.5. The minimum atomic E-state index is -6.00. The summed E-state index contributed by atoms with van der Waals surface area (Å²) < 4.78 is 51.6. The van der Waals surface area contributed by atoms with Crippen molar-refractivity contribution in [2.24, 2.45) is 0 Å². The third kappa shape index (κ3) is 9.31. The molecule has 0 aromatic heterocycles. The second kappa shape index (κ2) is 9.62. The van der Waals surface area contributed by atoms with Gasteiger partial charge in [0.05, 0.1) is 20.1 Å². The Morgan fingerprint density at radius 1 is 1.14 bits per heavy atom. The van der Waals surface area contributed by atoms with E-state index in [4.69, 9.17) is 9.47 Å². The Morgan fingerprint density at radius 2 is 1.67 bits per heavy atom. The highest BCUT2D eigenvalue weighted by molar-refractivity contribution is 6.50. The van der Waals surface area contributed by atoms with Crippen LogP contribution in [0.3, 0.4) is 0 Å². The van der Waals surface area contributed by atoms with Crippen LogP contribution in [0.15, 0.2) is 0 Å². The van der Waals surface area contributed by atoms with Crippen LogP contribution in [0.2, 0.25) is 0 Å². The summed E-state index contributed by atoms with van der Waals surface area (Å²) in [4.78, 5) is 11.8. The van der Waals surface area contributed by atoms with Crippen LogP contribution in [0, 0.1) is 0 Å². The quantitative estimate of drug-likeness (QED) is 0.264. The number of halogens is 4. The van der Waals surface area contributed by atoms with Gasteiger partial charge in [0.1, 0.15) is 6.54 Å². The average Bonchev–Trinajstić information content (AvgIpc) is 2.37. The lowest BCUT2D eigenvalue weighted by Crippen LogP contribution is -2.42. The minimum Gasteiger partial charge on any atom is -0.461 e. The third-order valence-electron chi connectivity index (χ3n) is 2.82. The lowest BCUT2D eigenvalue weighted by Gasteiger charge is -2.20. The summed E-state index contributed by atoms with van der Waals surface area (Å²) in [6.07, 6.45) is 3.06. The van der Waals surface area contributed by atoms with Crippen molar-refractivity contribution in [2.75, 3.05) is 19.8 Å². The van der Waals surface area contributed by atoms with E-state index in [1.54, 1.807) is 0 Å². The van der Waals surface area contributed by atoms with Gasteiger partial charge in [0.15, 0.2) is 0 Å². The van der Waals surface area contributed by atoms with E-state index in [9.17, 15) is 22.1 Å². The van der Waals surface area contributed by atoms with Gasteiger partial charge in [-0.3, -0.25) is 0 Å². The van der Waals surface area contributed by atoms with Gasteiger partial charge >= 0.3 is 19.1 Å². The Balaban J connectivity index is 0.000000690. The summed E-state index contributed by atoms with van der Waals surface area (Å²) in [7, 11) is -6.00. The SMILES string of the molecule is CCOC(=O)C1CCCC[N+]1=C(C)OCC.F[B-](F)(F)F. The van der Waals surface area contributed by atoms with E-state index >= 15 is 0 Å². The van der Waals surface area contributed by atoms with E-state index in [0.717, 1.165) is 31.7 Å². The molecule has 1 heterocycles. The van der Waals surface area contributed by atoms with Crippen molar-refractivity contribution in [1.82, 2.24) is 0 Å². The summed E-state index contributed by atoms with van der Waals surface area (Å²) in [5.74, 6) is 0.710. The van der Waals surface area contributed by atoms with Gasteiger partial charge in [-0.2, -0.15) is 4.58 Å². The summed E-state index contributed by atoms with van der Waals surface area (Å²) in [5.41, 5.74) is 0. The van der Waals surface area contributed by atoms with Crippen molar-refractivity contribution >= 4 is 19.1 Å². The van der Waals surface area contributed by atoms with Crippen molar-refractivity contribution in [3.63, 3.8) is 0 Å². The highest BCUT2D eigenvalue weighted by Crippen LogP contribution is 2.15. The van der Waals surface area contributed by atoms with E-state index < -0.39 is 7.25 Å². The number of nitrogens with zero attached hydrogens (tertiary/aromatic N) is 1. The van der Waals surface area contributed by atoms with Crippen LogP contribution in [0.25, 0.3) is 0 Å². The molecule has 0 amide bonds. The van der Waals surface area contributed by atoms with E-state index in [1.807, 2.05) is 25.3 Å². The van der Waals surface area contributed by atoms with Crippen LogP contribution >= 0.6 is 0 Å². The van der Waals surface area contributed by atoms with Crippen LogP contribution in [0.5, 0.6) is 0 Å². The molecule has 1 unspecified atom stereocenters. The van der Waals surface area contributed by atoms with E-state index in [-0.39, 0.29) is 12.0 Å². The first-order chi connectivity index (χ1) is 9.70. The van der Waals surface area contributed by atoms with Crippen molar-refractivity contribution < 1.29 is 36.1 Å². The molecule has 1 aliphatic rings. The molecule has 0 radical (unpaired) electrons. The molecule has 0 bridgehead atoms. The van der Waals surface area contributed by atoms with Gasteiger partial charge in [0.2, 0.25) is 0 Å². The van der Waals surface area contributed by atoms with Gasteiger partial charge in [0.25, 0.3) is 6.04 Å². The molecule has 0 aliphatic carbocycles. The largest absolute Gasteiger partial charge is 0.673 e. The Hall–Kier alpha value is -1.28. The molecule has 0 aromatic rings. The average molecular weight is 315 g/mol. The zero-order valence-electron chi connectivity index (χ0n) is 12.6. The highest BCUT2D eigenvalue weighted by Gasteiger charge is 2.35. The first-order valence-corrected chi connectivity index (χ1v) is 6.97. The summed E-state index contributed by atoms with van der Waals surface area (Å²) in [6, 6.07) is -0.153. The molecule has 1 fully saturated rings. The number of esters is 1. The fourth-order valence-electron chi connectivity index (χ4n) is 2.08. The molecule has 124 valence electrons. The molecule has 21 heavy (non-hydrogen) atoms. The van der Waals surface area contributed by atoms with Crippen molar-refractivity contribution in [1.29, 1.82) is 0 Å². The van der Waals surface area contributed by atoms with Crippen LogP contribution in [-0.2, 0) is 14.3 Å². The molecular formula is C12H22BF4NO3. The van der Waals surface area contributed by atoms with E-state index in [2.05, 4.69) is 0 Å². The van der Waals surface area contributed by atoms with Gasteiger partial charge in [-0.05, 0) is 20.3 Å². The minimum absolute atomic E-state index is 0.124. The molecule has 0 N–H and O–H groups in total. The number of ether oxygens (including phenoxy) is 2. The Morgan fingerprint density at radius 3 is 2.14 bits per heavy atom. The van der Waals surface area contributed by atoms with Gasteiger partial charge < -0.3 is 26.7 Å². The third-order valence-corrected chi connectivity index (χ3v) is 2.82. The van der Waals surface area contributed by atoms with Gasteiger partial charge in [0, 0.05) is 12.8 Å². The maximum Gasteiger partial charge on any atom is 0.673 e. The number of carbonyl (C=O) groups is 1. The maximum atomic E-state index is 11.8. The Labute approximate surface area is 122 Å². The smallest absolute Gasteiger partial charge is 0.461 e. The first-order valence-electron chi connectivity index (χ1n) is 6.97. The Bertz CT molecular complexity index is 355. The van der Waals surface area contributed by atoms with E-state index in [1.165, 1.54) is 0 Å². The molecule has 4 nitrogen and oxygen atoms in total. The van der Waals surface area contributed by atoms with Crippen LogP contribution in [-0.4, -0.2) is 49.5 Å². The summed E-state index contributed by atoms with van der Waals surface area (Å²) in [6.45, 7) is 7.67. The number of rotatable bonds is 3. The maximum absolute atomic E-state index is 11.8. The van der Waals surface area contributed by atoms with Crippen molar-refractivity contribution in [3.05, 3.63) is 0 Å². The topological polar surface area (TPSA) is 38.5 Å². The molecule has 1 atom stereocenters. The number of piperidine rings is 1. The standard InChI is InChI=1S/C12H22NO3.BF4/c1-4-15-10(3)13-9-7-6-8-11(13)12(14)16-5-2;2-1(3,4)5/h11H,4-9H2,1-3H3;/q+1;-1. The molecule has 0 saturated carbocycles. The van der Waals surface area contributed by atoms with Crippen LogP contribution in [0.4, 0.5) is 17.3 Å². The predicted octanol–water partition coefficient (Wildman–Crippen LogP) is 2.87. The van der Waals surface area contributed by atoms with Gasteiger partial charge in [-0.15, -0.1) is 0 Å². The molecule has 0 aromatic carbocycles. The van der Waals surface area contributed by atoms with E-state index in [0.29, 0.717) is 13.2 Å². The second-order valence-electron chi connectivity index (χ2n) is 4.40. The van der Waals surface area contributed by atoms with Crippen LogP contribution < -0.4 is 0 Å². The molecule has 9 heteroatoms. The number of hydrogen-bond donors (Lipinski definition) is 0. The summed E-state index contributed by atoms with van der Waals surface area (Å²) in [5, 5.41) is 0. The molecular weight excluding hydrogens is 293 g/mol. The lowest BCUT2D eigenvalue weighted by atomic mass is 10.0. The number of carbonyl (C=O) groups excluding carboxylic acids is 1. The monoisotopic (exact) mass is 315 g/mol. The fourth-order valence-corrected chi connectivity index (χ4v) is 2.08. The predicted molar refractivity (Wildman–Crippen MR) is 71.9 cm³/mol. The zero-order valence-corrected chi connectivity index (χ0v) is 12.6. The van der Waals surface area contributed by atoms with Crippen molar-refractivity contribution in [2.45, 2.75) is 46.1 Å². The second-order valence-corrected chi connectivity index (χ2v) is 4.40. The zero-order chi connectivity index (χ0) is 16.5. The Kier molecular flexibility index (Phi) is 9.04. The molecule has 1 aliphatic heterocycles. The molecule has 0 spiro atoms. The fraction of sp³-hybridized carbons (Fsp3) is 0.833. The normalized spacial score (nSPS) is 21.0. The summed E-state index contributed by atoms with van der Waals surface area (Å²) >= 11 is 0. The lowest BCUT2D eigenvalue weighted by molar-refractivity contribution is -0.572. The first kappa shape index (κ1) is 19.7. The molecule has 1 rings (SSSR count). The van der Waals surface area contributed by atoms with Gasteiger partial charge in [-0.1, -0.05) is 0 Å². The van der Waals surface area contributed by atoms with Crippen LogP contribution in [0.1, 0.15) is 40.0 Å².